The number of nitrogens with one attached hydrogen (secondary N) is 2. The van der Waals surface area contributed by atoms with Crippen LogP contribution in [-0.2, 0) is 6.54 Å². The van der Waals surface area contributed by atoms with Gasteiger partial charge in [0.05, 0.1) is 5.52 Å². The maximum atomic E-state index is 12.6. The van der Waals surface area contributed by atoms with E-state index in [0.717, 1.165) is 18.4 Å². The summed E-state index contributed by atoms with van der Waals surface area (Å²) in [4.78, 5) is 29.4. The van der Waals surface area contributed by atoms with Gasteiger partial charge in [0.2, 0.25) is 5.82 Å². The number of carbonyl (C=O) groups is 2. The SMILES string of the molecule is CCCCNC(=O)c1nc(C(=O)NCc2ccccc2)c2ccccn12. The van der Waals surface area contributed by atoms with Gasteiger partial charge in [0.1, 0.15) is 0 Å². The number of imidazole rings is 1. The minimum absolute atomic E-state index is 0.224. The minimum atomic E-state index is -0.301. The average Bonchev–Trinajstić information content (AvgIpc) is 3.07. The Morgan fingerprint density at radius 1 is 1.00 bits per heavy atom. The van der Waals surface area contributed by atoms with Gasteiger partial charge in [0.15, 0.2) is 5.69 Å². The molecule has 0 radical (unpaired) electrons. The van der Waals surface area contributed by atoms with Gasteiger partial charge in [-0.05, 0) is 24.1 Å². The predicted molar refractivity (Wildman–Crippen MR) is 100 cm³/mol. The molecule has 1 aromatic carbocycles. The van der Waals surface area contributed by atoms with Gasteiger partial charge in [-0.15, -0.1) is 0 Å². The zero-order chi connectivity index (χ0) is 18.4. The van der Waals surface area contributed by atoms with Gasteiger partial charge in [-0.3, -0.25) is 14.0 Å². The van der Waals surface area contributed by atoms with Crippen molar-refractivity contribution in [2.24, 2.45) is 0 Å². The number of nitrogens with zero attached hydrogens (tertiary/aromatic N) is 2. The summed E-state index contributed by atoms with van der Waals surface area (Å²) in [6.45, 7) is 3.06. The van der Waals surface area contributed by atoms with Crippen LogP contribution < -0.4 is 10.6 Å². The van der Waals surface area contributed by atoms with Gasteiger partial charge < -0.3 is 10.6 Å². The highest BCUT2D eigenvalue weighted by molar-refractivity contribution is 6.02. The fourth-order valence-corrected chi connectivity index (χ4v) is 2.68. The molecule has 2 N–H and O–H groups in total. The van der Waals surface area contributed by atoms with Crippen molar-refractivity contribution in [3.05, 3.63) is 71.8 Å². The number of rotatable bonds is 7. The van der Waals surface area contributed by atoms with E-state index in [1.165, 1.54) is 0 Å². The molecule has 0 atom stereocenters. The van der Waals surface area contributed by atoms with Crippen LogP contribution >= 0.6 is 0 Å². The summed E-state index contributed by atoms with van der Waals surface area (Å²) < 4.78 is 1.65. The normalized spacial score (nSPS) is 10.7. The molecule has 0 spiro atoms. The Labute approximate surface area is 152 Å². The maximum absolute atomic E-state index is 12.6. The first-order valence-electron chi connectivity index (χ1n) is 8.78. The lowest BCUT2D eigenvalue weighted by Crippen LogP contribution is -2.27. The molecule has 2 heterocycles. The summed E-state index contributed by atoms with van der Waals surface area (Å²) in [6.07, 6.45) is 3.64. The third-order valence-electron chi connectivity index (χ3n) is 4.08. The first kappa shape index (κ1) is 17.7. The van der Waals surface area contributed by atoms with E-state index in [4.69, 9.17) is 0 Å². The van der Waals surface area contributed by atoms with Crippen LogP contribution in [0.15, 0.2) is 54.7 Å². The number of amides is 2. The van der Waals surface area contributed by atoms with Gasteiger partial charge in [-0.25, -0.2) is 4.98 Å². The first-order chi connectivity index (χ1) is 12.7. The zero-order valence-corrected chi connectivity index (χ0v) is 14.7. The van der Waals surface area contributed by atoms with Crippen molar-refractivity contribution in [2.45, 2.75) is 26.3 Å². The molecule has 26 heavy (non-hydrogen) atoms. The van der Waals surface area contributed by atoms with Crippen LogP contribution in [0.3, 0.4) is 0 Å². The number of aromatic nitrogens is 2. The number of fused-ring (bicyclic) bond motifs is 1. The fourth-order valence-electron chi connectivity index (χ4n) is 2.68. The molecular formula is C20H22N4O2. The van der Waals surface area contributed by atoms with Gasteiger partial charge in [-0.1, -0.05) is 49.7 Å². The second kappa shape index (κ2) is 8.29. The lowest BCUT2D eigenvalue weighted by atomic mass is 10.2. The minimum Gasteiger partial charge on any atom is -0.349 e. The topological polar surface area (TPSA) is 75.5 Å². The van der Waals surface area contributed by atoms with Crippen molar-refractivity contribution in [3.63, 3.8) is 0 Å². The first-order valence-corrected chi connectivity index (χ1v) is 8.78. The Balaban J connectivity index is 1.81. The highest BCUT2D eigenvalue weighted by Gasteiger charge is 2.20. The molecule has 2 amide bonds. The number of unbranched alkanes of at least 4 members (excludes halogenated alkanes) is 1. The molecule has 3 rings (SSSR count). The van der Waals surface area contributed by atoms with Crippen LogP contribution in [0.5, 0.6) is 0 Å². The lowest BCUT2D eigenvalue weighted by Gasteiger charge is -2.03. The molecular weight excluding hydrogens is 328 g/mol. The highest BCUT2D eigenvalue weighted by atomic mass is 16.2. The van der Waals surface area contributed by atoms with Crippen molar-refractivity contribution in [3.8, 4) is 0 Å². The molecule has 0 bridgehead atoms. The summed E-state index contributed by atoms with van der Waals surface area (Å²) in [5.41, 5.74) is 1.86. The van der Waals surface area contributed by atoms with Crippen molar-refractivity contribution < 1.29 is 9.59 Å². The number of benzene rings is 1. The average molecular weight is 350 g/mol. The molecule has 3 aromatic rings. The monoisotopic (exact) mass is 350 g/mol. The standard InChI is InChI=1S/C20H22N4O2/c1-2-3-12-21-20(26)18-23-17(16-11-7-8-13-24(16)18)19(25)22-14-15-9-5-4-6-10-15/h4-11,13H,2-3,12,14H2,1H3,(H,21,26)(H,22,25). The Bertz CT molecular complexity index is 903. The fraction of sp³-hybridized carbons (Fsp3) is 0.250. The third-order valence-corrected chi connectivity index (χ3v) is 4.08. The quantitative estimate of drug-likeness (QED) is 0.644. The van der Waals surface area contributed by atoms with Crippen molar-refractivity contribution in [1.82, 2.24) is 20.0 Å². The number of hydrogen-bond donors (Lipinski definition) is 2. The van der Waals surface area contributed by atoms with Crippen LogP contribution in [0, 0.1) is 0 Å². The number of carbonyl (C=O) groups excluding carboxylic acids is 2. The van der Waals surface area contributed by atoms with Crippen LogP contribution in [0.2, 0.25) is 0 Å². The Morgan fingerprint density at radius 2 is 1.77 bits per heavy atom. The van der Waals surface area contributed by atoms with Gasteiger partial charge >= 0.3 is 0 Å². The van der Waals surface area contributed by atoms with E-state index in [1.807, 2.05) is 42.5 Å². The molecule has 6 nitrogen and oxygen atoms in total. The Hall–Kier alpha value is -3.15. The summed E-state index contributed by atoms with van der Waals surface area (Å²) in [7, 11) is 0. The van der Waals surface area contributed by atoms with Crippen molar-refractivity contribution in [1.29, 1.82) is 0 Å². The van der Waals surface area contributed by atoms with Crippen LogP contribution in [-0.4, -0.2) is 27.7 Å². The summed E-state index contributed by atoms with van der Waals surface area (Å²) in [5, 5.41) is 5.71. The van der Waals surface area contributed by atoms with Crippen molar-refractivity contribution in [2.75, 3.05) is 6.54 Å². The third kappa shape index (κ3) is 3.91. The molecule has 0 aliphatic rings. The number of hydrogen-bond acceptors (Lipinski definition) is 3. The lowest BCUT2D eigenvalue weighted by molar-refractivity contribution is 0.0942. The predicted octanol–water partition coefficient (Wildman–Crippen LogP) is 2.79. The van der Waals surface area contributed by atoms with Crippen LogP contribution in [0.4, 0.5) is 0 Å². The van der Waals surface area contributed by atoms with E-state index >= 15 is 0 Å². The van der Waals surface area contributed by atoms with E-state index < -0.39 is 0 Å². The smallest absolute Gasteiger partial charge is 0.287 e. The van der Waals surface area contributed by atoms with Crippen LogP contribution in [0.25, 0.3) is 5.52 Å². The molecule has 2 aromatic heterocycles. The van der Waals surface area contributed by atoms with E-state index in [2.05, 4.69) is 22.5 Å². The number of pyridine rings is 1. The molecule has 6 heteroatoms. The molecule has 0 unspecified atom stereocenters. The largest absolute Gasteiger partial charge is 0.349 e. The molecule has 0 aliphatic carbocycles. The van der Waals surface area contributed by atoms with E-state index in [1.54, 1.807) is 16.7 Å². The summed E-state index contributed by atoms with van der Waals surface area (Å²) >= 11 is 0. The zero-order valence-electron chi connectivity index (χ0n) is 14.7. The second-order valence-corrected chi connectivity index (χ2v) is 6.02. The highest BCUT2D eigenvalue weighted by Crippen LogP contribution is 2.13. The van der Waals surface area contributed by atoms with E-state index in [9.17, 15) is 9.59 Å². The summed E-state index contributed by atoms with van der Waals surface area (Å²) in [5.74, 6) is -0.353. The maximum Gasteiger partial charge on any atom is 0.287 e. The summed E-state index contributed by atoms with van der Waals surface area (Å²) in [6, 6.07) is 15.1. The molecule has 0 fully saturated rings. The van der Waals surface area contributed by atoms with Gasteiger partial charge in [-0.2, -0.15) is 0 Å². The van der Waals surface area contributed by atoms with Crippen molar-refractivity contribution >= 4 is 17.3 Å². The molecule has 0 saturated heterocycles. The second-order valence-electron chi connectivity index (χ2n) is 6.02. The Kier molecular flexibility index (Phi) is 5.63. The van der Waals surface area contributed by atoms with E-state index in [-0.39, 0.29) is 23.3 Å². The van der Waals surface area contributed by atoms with E-state index in [0.29, 0.717) is 18.6 Å². The Morgan fingerprint density at radius 3 is 2.54 bits per heavy atom. The van der Waals surface area contributed by atoms with Crippen LogP contribution in [0.1, 0.15) is 46.4 Å². The molecule has 0 saturated carbocycles. The molecule has 134 valence electrons. The van der Waals surface area contributed by atoms with Gasteiger partial charge in [0.25, 0.3) is 11.8 Å². The van der Waals surface area contributed by atoms with Gasteiger partial charge in [0, 0.05) is 19.3 Å². The molecule has 0 aliphatic heterocycles.